The molecule has 21 heavy (non-hydrogen) atoms. The SMILES string of the molecule is O=C(O)CN(CC(F)(F)F)C(=O)c1ccccc1[N+](=O)[O-]. The number of hydrogen-bond donors (Lipinski definition) is 1. The number of nitro groups is 1. The van der Waals surface area contributed by atoms with Crippen LogP contribution >= 0.6 is 0 Å². The summed E-state index contributed by atoms with van der Waals surface area (Å²) in [6.45, 7) is -3.03. The number of alkyl halides is 3. The van der Waals surface area contributed by atoms with Crippen molar-refractivity contribution in [2.45, 2.75) is 6.18 Å². The molecule has 7 nitrogen and oxygen atoms in total. The van der Waals surface area contributed by atoms with E-state index in [2.05, 4.69) is 0 Å². The van der Waals surface area contributed by atoms with E-state index in [0.29, 0.717) is 0 Å². The van der Waals surface area contributed by atoms with Gasteiger partial charge in [-0.05, 0) is 6.07 Å². The summed E-state index contributed by atoms with van der Waals surface area (Å²) >= 11 is 0. The van der Waals surface area contributed by atoms with Crippen molar-refractivity contribution in [3.05, 3.63) is 39.9 Å². The van der Waals surface area contributed by atoms with Gasteiger partial charge in [-0.1, -0.05) is 12.1 Å². The molecule has 0 saturated carbocycles. The first-order valence-electron chi connectivity index (χ1n) is 5.43. The maximum Gasteiger partial charge on any atom is 0.406 e. The fourth-order valence-corrected chi connectivity index (χ4v) is 1.56. The number of hydrogen-bond acceptors (Lipinski definition) is 4. The average Bonchev–Trinajstić information content (AvgIpc) is 2.34. The largest absolute Gasteiger partial charge is 0.480 e. The number of halogens is 3. The minimum Gasteiger partial charge on any atom is -0.480 e. The highest BCUT2D eigenvalue weighted by Crippen LogP contribution is 2.22. The molecule has 10 heteroatoms. The van der Waals surface area contributed by atoms with Gasteiger partial charge in [0.15, 0.2) is 0 Å². The van der Waals surface area contributed by atoms with E-state index in [1.54, 1.807) is 0 Å². The van der Waals surface area contributed by atoms with Crippen LogP contribution in [0.3, 0.4) is 0 Å². The summed E-state index contributed by atoms with van der Waals surface area (Å²) in [6, 6.07) is 4.37. The molecule has 0 bridgehead atoms. The van der Waals surface area contributed by atoms with Gasteiger partial charge in [-0.15, -0.1) is 0 Å². The molecule has 0 heterocycles. The highest BCUT2D eigenvalue weighted by atomic mass is 19.4. The molecule has 1 amide bonds. The number of carbonyl (C=O) groups excluding carboxylic acids is 1. The Morgan fingerprint density at radius 2 is 1.86 bits per heavy atom. The lowest BCUT2D eigenvalue weighted by atomic mass is 10.1. The first kappa shape index (κ1) is 16.4. The lowest BCUT2D eigenvalue weighted by Crippen LogP contribution is -2.42. The quantitative estimate of drug-likeness (QED) is 0.659. The van der Waals surface area contributed by atoms with Gasteiger partial charge >= 0.3 is 12.1 Å². The van der Waals surface area contributed by atoms with Gasteiger partial charge in [-0.25, -0.2) is 0 Å². The van der Waals surface area contributed by atoms with Crippen LogP contribution in [0.25, 0.3) is 0 Å². The third-order valence-electron chi connectivity index (χ3n) is 2.31. The molecule has 0 radical (unpaired) electrons. The molecule has 1 aromatic carbocycles. The molecule has 0 saturated heterocycles. The van der Waals surface area contributed by atoms with Gasteiger partial charge in [0.1, 0.15) is 18.7 Å². The number of carbonyl (C=O) groups is 2. The van der Waals surface area contributed by atoms with Crippen molar-refractivity contribution in [1.82, 2.24) is 4.90 Å². The number of carboxylic acid groups (broad SMARTS) is 1. The summed E-state index contributed by atoms with van der Waals surface area (Å²) in [5.74, 6) is -3.03. The lowest BCUT2D eigenvalue weighted by molar-refractivity contribution is -0.385. The predicted octanol–water partition coefficient (Wildman–Crippen LogP) is 1.68. The second-order valence-electron chi connectivity index (χ2n) is 3.94. The molecule has 0 unspecified atom stereocenters. The normalized spacial score (nSPS) is 11.0. The van der Waals surface area contributed by atoms with Crippen LogP contribution in [0.4, 0.5) is 18.9 Å². The molecule has 1 N–H and O–H groups in total. The van der Waals surface area contributed by atoms with Gasteiger partial charge in [-0.2, -0.15) is 13.2 Å². The van der Waals surface area contributed by atoms with Crippen LogP contribution in [-0.4, -0.2) is 46.1 Å². The van der Waals surface area contributed by atoms with Gasteiger partial charge in [-0.3, -0.25) is 19.7 Å². The molecule has 0 spiro atoms. The Hall–Kier alpha value is -2.65. The number of nitro benzene ring substituents is 1. The molecule has 0 aliphatic heterocycles. The number of benzene rings is 1. The Bertz CT molecular complexity index is 573. The van der Waals surface area contributed by atoms with E-state index in [-0.39, 0.29) is 4.90 Å². The number of rotatable bonds is 5. The van der Waals surface area contributed by atoms with Crippen LogP contribution in [0.15, 0.2) is 24.3 Å². The number of amides is 1. The maximum atomic E-state index is 12.4. The monoisotopic (exact) mass is 306 g/mol. The van der Waals surface area contributed by atoms with E-state index in [0.717, 1.165) is 12.1 Å². The van der Waals surface area contributed by atoms with E-state index < -0.39 is 47.3 Å². The molecule has 0 aliphatic rings. The van der Waals surface area contributed by atoms with Gasteiger partial charge in [0.2, 0.25) is 0 Å². The summed E-state index contributed by atoms with van der Waals surface area (Å²) in [7, 11) is 0. The van der Waals surface area contributed by atoms with Crippen LogP contribution in [0, 0.1) is 10.1 Å². The zero-order chi connectivity index (χ0) is 16.2. The molecule has 1 aromatic rings. The molecule has 0 aromatic heterocycles. The Morgan fingerprint density at radius 3 is 2.33 bits per heavy atom. The average molecular weight is 306 g/mol. The number of para-hydroxylation sites is 1. The summed E-state index contributed by atoms with van der Waals surface area (Å²) in [4.78, 5) is 32.3. The fourth-order valence-electron chi connectivity index (χ4n) is 1.56. The lowest BCUT2D eigenvalue weighted by Gasteiger charge is -2.22. The number of nitrogens with zero attached hydrogens (tertiary/aromatic N) is 2. The van der Waals surface area contributed by atoms with Crippen molar-refractivity contribution in [3.8, 4) is 0 Å². The van der Waals surface area contributed by atoms with Crippen molar-refractivity contribution >= 4 is 17.6 Å². The topological polar surface area (TPSA) is 101 Å². The van der Waals surface area contributed by atoms with E-state index in [1.807, 2.05) is 0 Å². The Balaban J connectivity index is 3.16. The van der Waals surface area contributed by atoms with E-state index in [9.17, 15) is 32.9 Å². The Labute approximate surface area is 115 Å². The van der Waals surface area contributed by atoms with Crippen molar-refractivity contribution in [1.29, 1.82) is 0 Å². The van der Waals surface area contributed by atoms with Crippen molar-refractivity contribution in [3.63, 3.8) is 0 Å². The zero-order valence-corrected chi connectivity index (χ0v) is 10.3. The summed E-state index contributed by atoms with van der Waals surface area (Å²) in [6.07, 6.45) is -4.82. The Morgan fingerprint density at radius 1 is 1.29 bits per heavy atom. The smallest absolute Gasteiger partial charge is 0.406 e. The van der Waals surface area contributed by atoms with Gasteiger partial charge in [0.05, 0.1) is 4.92 Å². The fraction of sp³-hybridized carbons (Fsp3) is 0.273. The maximum absolute atomic E-state index is 12.4. The second kappa shape index (κ2) is 6.20. The van der Waals surface area contributed by atoms with Crippen LogP contribution in [0.5, 0.6) is 0 Å². The van der Waals surface area contributed by atoms with Crippen molar-refractivity contribution in [2.75, 3.05) is 13.1 Å². The third kappa shape index (κ3) is 4.75. The predicted molar refractivity (Wildman–Crippen MR) is 62.7 cm³/mol. The molecule has 0 atom stereocenters. The van der Waals surface area contributed by atoms with E-state index in [1.165, 1.54) is 12.1 Å². The third-order valence-corrected chi connectivity index (χ3v) is 2.31. The first-order valence-corrected chi connectivity index (χ1v) is 5.43. The highest BCUT2D eigenvalue weighted by Gasteiger charge is 2.36. The first-order chi connectivity index (χ1) is 9.61. The second-order valence-corrected chi connectivity index (χ2v) is 3.94. The number of carboxylic acids is 1. The summed E-state index contributed by atoms with van der Waals surface area (Å²) < 4.78 is 37.1. The summed E-state index contributed by atoms with van der Waals surface area (Å²) in [5, 5.41) is 19.3. The van der Waals surface area contributed by atoms with Crippen LogP contribution < -0.4 is 0 Å². The van der Waals surface area contributed by atoms with Gasteiger partial charge < -0.3 is 10.0 Å². The standard InChI is InChI=1S/C11H9F3N2O5/c12-11(13,14)6-15(5-9(17)18)10(19)7-3-1-2-4-8(7)16(20)21/h1-4H,5-6H2,(H,17,18). The number of aliphatic carboxylic acids is 1. The molecule has 0 fully saturated rings. The van der Waals surface area contributed by atoms with Gasteiger partial charge in [0, 0.05) is 6.07 Å². The minimum absolute atomic E-state index is 0.00926. The Kier molecular flexibility index (Phi) is 4.84. The molecule has 1 rings (SSSR count). The zero-order valence-electron chi connectivity index (χ0n) is 10.3. The molecule has 114 valence electrons. The molecular formula is C11H9F3N2O5. The minimum atomic E-state index is -4.82. The van der Waals surface area contributed by atoms with Crippen LogP contribution in [-0.2, 0) is 4.79 Å². The van der Waals surface area contributed by atoms with E-state index in [4.69, 9.17) is 5.11 Å². The van der Waals surface area contributed by atoms with Crippen molar-refractivity contribution in [2.24, 2.45) is 0 Å². The molecular weight excluding hydrogens is 297 g/mol. The highest BCUT2D eigenvalue weighted by molar-refractivity contribution is 5.99. The van der Waals surface area contributed by atoms with Crippen LogP contribution in [0.2, 0.25) is 0 Å². The van der Waals surface area contributed by atoms with Crippen LogP contribution in [0.1, 0.15) is 10.4 Å². The van der Waals surface area contributed by atoms with Crippen molar-refractivity contribution < 1.29 is 32.8 Å². The summed E-state index contributed by atoms with van der Waals surface area (Å²) in [5.41, 5.74) is -1.30. The van der Waals surface area contributed by atoms with Gasteiger partial charge in [0.25, 0.3) is 11.6 Å². The van der Waals surface area contributed by atoms with E-state index >= 15 is 0 Å². The molecule has 0 aliphatic carbocycles.